The first kappa shape index (κ1) is 19.2. The van der Waals surface area contributed by atoms with E-state index in [0.29, 0.717) is 43.9 Å². The number of nitrogens with one attached hydrogen (secondary N) is 2. The molecule has 0 aliphatic rings. The molecule has 0 aliphatic heterocycles. The van der Waals surface area contributed by atoms with Gasteiger partial charge in [0.2, 0.25) is 0 Å². The van der Waals surface area contributed by atoms with Gasteiger partial charge in [0.15, 0.2) is 0 Å². The van der Waals surface area contributed by atoms with E-state index >= 15 is 0 Å². The highest BCUT2D eigenvalue weighted by molar-refractivity contribution is 9.09. The molecule has 0 saturated heterocycles. The molecule has 0 aliphatic carbocycles. The summed E-state index contributed by atoms with van der Waals surface area (Å²) < 4.78 is 28.8. The summed E-state index contributed by atoms with van der Waals surface area (Å²) in [6.45, 7) is 0. The minimum atomic E-state index is -0.639. The van der Waals surface area contributed by atoms with Gasteiger partial charge in [0, 0.05) is 35.4 Å². The van der Waals surface area contributed by atoms with Gasteiger partial charge < -0.3 is 9.97 Å². The van der Waals surface area contributed by atoms with Gasteiger partial charge in [-0.25, -0.2) is 18.7 Å². The molecule has 0 fully saturated rings. The molecule has 0 bridgehead atoms. The second kappa shape index (κ2) is 7.71. The predicted octanol–water partition coefficient (Wildman–Crippen LogP) is 4.94. The molecule has 2 unspecified atom stereocenters. The molecular formula is C19H14Br2F2N4O. The zero-order valence-electron chi connectivity index (χ0n) is 14.3. The van der Waals surface area contributed by atoms with Crippen LogP contribution in [-0.4, -0.2) is 36.4 Å². The van der Waals surface area contributed by atoms with Gasteiger partial charge in [-0.05, 0) is 23.3 Å². The number of aromatic amines is 2. The number of nitrogens with zero attached hydrogens (tertiary/aromatic N) is 2. The number of pyridine rings is 2. The maximum atomic E-state index is 14.4. The molecule has 0 radical (unpaired) electrons. The summed E-state index contributed by atoms with van der Waals surface area (Å²) in [6, 6.07) is 2.52. The van der Waals surface area contributed by atoms with Crippen LogP contribution >= 0.6 is 31.9 Å². The highest BCUT2D eigenvalue weighted by Crippen LogP contribution is 2.36. The zero-order chi connectivity index (χ0) is 19.8. The van der Waals surface area contributed by atoms with E-state index < -0.39 is 23.5 Å². The van der Waals surface area contributed by atoms with Crippen LogP contribution in [0.1, 0.15) is 23.0 Å². The van der Waals surface area contributed by atoms with Crippen LogP contribution in [-0.2, 0) is 4.79 Å². The van der Waals surface area contributed by atoms with E-state index in [1.807, 2.05) is 0 Å². The molecule has 28 heavy (non-hydrogen) atoms. The highest BCUT2D eigenvalue weighted by atomic mass is 79.9. The van der Waals surface area contributed by atoms with Crippen molar-refractivity contribution < 1.29 is 13.6 Å². The Labute approximate surface area is 175 Å². The molecular weight excluding hydrogens is 498 g/mol. The number of fused-ring (bicyclic) bond motifs is 2. The normalized spacial score (nSPS) is 13.9. The smallest absolute Gasteiger partial charge is 0.149 e. The molecule has 0 aromatic carbocycles. The van der Waals surface area contributed by atoms with Crippen LogP contribution in [0.3, 0.4) is 0 Å². The molecule has 5 nitrogen and oxygen atoms in total. The molecule has 2 N–H and O–H groups in total. The van der Waals surface area contributed by atoms with Gasteiger partial charge in [-0.1, -0.05) is 31.9 Å². The first-order chi connectivity index (χ1) is 13.6. The molecule has 4 aromatic heterocycles. The first-order valence-corrected chi connectivity index (χ1v) is 10.7. The average molecular weight is 512 g/mol. The number of carbonyl (C=O) groups excluding carboxylic acids is 1. The number of aromatic nitrogens is 4. The Morgan fingerprint density at radius 3 is 1.71 bits per heavy atom. The molecule has 4 rings (SSSR count). The van der Waals surface area contributed by atoms with Crippen LogP contribution in [0.5, 0.6) is 0 Å². The van der Waals surface area contributed by atoms with Crippen LogP contribution in [0.25, 0.3) is 22.1 Å². The fourth-order valence-corrected chi connectivity index (χ4v) is 4.83. The number of halogens is 4. The summed E-state index contributed by atoms with van der Waals surface area (Å²) in [4.78, 5) is 27.5. The summed E-state index contributed by atoms with van der Waals surface area (Å²) in [6.07, 6.45) is 5.94. The van der Waals surface area contributed by atoms with Gasteiger partial charge in [-0.15, -0.1) is 0 Å². The number of H-pyrrole nitrogens is 2. The highest BCUT2D eigenvalue weighted by Gasteiger charge is 2.32. The molecule has 2 atom stereocenters. The molecule has 0 amide bonds. The third kappa shape index (κ3) is 3.06. The lowest BCUT2D eigenvalue weighted by Crippen LogP contribution is -2.23. The Hall–Kier alpha value is -2.13. The Morgan fingerprint density at radius 1 is 0.893 bits per heavy atom. The lowest BCUT2D eigenvalue weighted by molar-refractivity contribution is -0.120. The van der Waals surface area contributed by atoms with Crippen molar-refractivity contribution in [2.75, 3.05) is 10.7 Å². The number of ketones is 1. The third-order valence-electron chi connectivity index (χ3n) is 4.85. The van der Waals surface area contributed by atoms with E-state index in [2.05, 4.69) is 51.8 Å². The summed E-state index contributed by atoms with van der Waals surface area (Å²) in [7, 11) is 0. The molecule has 144 valence electrons. The lowest BCUT2D eigenvalue weighted by Gasteiger charge is -2.19. The van der Waals surface area contributed by atoms with E-state index in [4.69, 9.17) is 0 Å². The van der Waals surface area contributed by atoms with Gasteiger partial charge in [0.05, 0.1) is 22.6 Å². The van der Waals surface area contributed by atoms with E-state index in [-0.39, 0.29) is 5.78 Å². The fraction of sp³-hybridized carbons (Fsp3) is 0.211. The second-order valence-electron chi connectivity index (χ2n) is 6.34. The van der Waals surface area contributed by atoms with Crippen molar-refractivity contribution in [2.45, 2.75) is 11.8 Å². The van der Waals surface area contributed by atoms with Gasteiger partial charge in [0.25, 0.3) is 0 Å². The number of alkyl halides is 2. The number of Topliss-reactive ketones (excluding diaryl/α,β-unsaturated/α-hetero) is 1. The summed E-state index contributed by atoms with van der Waals surface area (Å²) in [5, 5.41) is 1.17. The van der Waals surface area contributed by atoms with Crippen molar-refractivity contribution in [3.8, 4) is 0 Å². The maximum absolute atomic E-state index is 14.4. The Morgan fingerprint density at radius 2 is 1.32 bits per heavy atom. The Kier molecular flexibility index (Phi) is 5.29. The predicted molar refractivity (Wildman–Crippen MR) is 110 cm³/mol. The van der Waals surface area contributed by atoms with Crippen LogP contribution in [0, 0.1) is 11.6 Å². The topological polar surface area (TPSA) is 74.4 Å². The Balaban J connectivity index is 1.80. The standard InChI is InChI=1S/C19H14Br2F2N4O/c20-5-9(11-7-26-18-15(11)13(22)1-3-24-18)17(28)10(6-21)12-8-27-19-16(12)14(23)2-4-25-19/h1-4,7-10H,5-6H2,(H,24,26)(H,25,27). The number of hydrogen-bond acceptors (Lipinski definition) is 3. The second-order valence-corrected chi connectivity index (χ2v) is 7.63. The number of rotatable bonds is 6. The van der Waals surface area contributed by atoms with Crippen LogP contribution in [0.2, 0.25) is 0 Å². The summed E-state index contributed by atoms with van der Waals surface area (Å²) in [5.74, 6) is -2.34. The maximum Gasteiger partial charge on any atom is 0.149 e. The SMILES string of the molecule is O=C(C(CBr)c1c[nH]c2nccc(F)c12)C(CBr)c1c[nH]c2nccc(F)c12. The van der Waals surface area contributed by atoms with Crippen molar-refractivity contribution in [1.82, 2.24) is 19.9 Å². The van der Waals surface area contributed by atoms with E-state index in [1.54, 1.807) is 12.4 Å². The van der Waals surface area contributed by atoms with Crippen molar-refractivity contribution in [3.63, 3.8) is 0 Å². The van der Waals surface area contributed by atoms with E-state index in [9.17, 15) is 13.6 Å². The first-order valence-electron chi connectivity index (χ1n) is 8.45. The van der Waals surface area contributed by atoms with Crippen molar-refractivity contribution >= 4 is 59.7 Å². The monoisotopic (exact) mass is 510 g/mol. The number of carbonyl (C=O) groups is 1. The lowest BCUT2D eigenvalue weighted by atomic mass is 9.85. The van der Waals surface area contributed by atoms with Crippen molar-refractivity contribution in [2.24, 2.45) is 0 Å². The average Bonchev–Trinajstić information content (AvgIpc) is 3.30. The Bertz CT molecular complexity index is 1080. The summed E-state index contributed by atoms with van der Waals surface area (Å²) >= 11 is 6.77. The van der Waals surface area contributed by atoms with Crippen molar-refractivity contribution in [3.05, 3.63) is 59.7 Å². The van der Waals surface area contributed by atoms with Gasteiger partial charge >= 0.3 is 0 Å². The van der Waals surface area contributed by atoms with E-state index in [0.717, 1.165) is 0 Å². The largest absolute Gasteiger partial charge is 0.346 e. The molecule has 4 heterocycles. The van der Waals surface area contributed by atoms with E-state index in [1.165, 1.54) is 24.5 Å². The van der Waals surface area contributed by atoms with Gasteiger partial charge in [-0.2, -0.15) is 0 Å². The quantitative estimate of drug-likeness (QED) is 0.360. The molecule has 0 saturated carbocycles. The number of hydrogen-bond donors (Lipinski definition) is 2. The minimum Gasteiger partial charge on any atom is -0.346 e. The van der Waals surface area contributed by atoms with Gasteiger partial charge in [-0.3, -0.25) is 4.79 Å². The van der Waals surface area contributed by atoms with Crippen LogP contribution in [0.15, 0.2) is 36.9 Å². The molecule has 4 aromatic rings. The zero-order valence-corrected chi connectivity index (χ0v) is 17.5. The van der Waals surface area contributed by atoms with Crippen molar-refractivity contribution in [1.29, 1.82) is 0 Å². The summed E-state index contributed by atoms with van der Waals surface area (Å²) in [5.41, 5.74) is 1.80. The molecule has 9 heteroatoms. The fourth-order valence-electron chi connectivity index (χ4n) is 3.50. The van der Waals surface area contributed by atoms with Crippen LogP contribution in [0.4, 0.5) is 8.78 Å². The van der Waals surface area contributed by atoms with Gasteiger partial charge in [0.1, 0.15) is 28.7 Å². The van der Waals surface area contributed by atoms with Crippen LogP contribution < -0.4 is 0 Å². The third-order valence-corrected chi connectivity index (χ3v) is 6.15. The minimum absolute atomic E-state index is 0.165. The molecule has 0 spiro atoms.